The molecule has 2 aliphatic rings. The minimum Gasteiger partial charge on any atom is -0.465 e. The molecule has 4 heterocycles. The maximum Gasteiger partial charge on any atom is 0.234 e. The van der Waals surface area contributed by atoms with Crippen LogP contribution in [0, 0.1) is 5.82 Å². The molecule has 1 aromatic carbocycles. The molecule has 2 N–H and O–H groups in total. The summed E-state index contributed by atoms with van der Waals surface area (Å²) in [5.74, 6) is 2.65. The summed E-state index contributed by atoms with van der Waals surface area (Å²) in [6.45, 7) is 6.04. The van der Waals surface area contributed by atoms with Crippen molar-refractivity contribution in [3.63, 3.8) is 0 Å². The molecule has 34 heavy (non-hydrogen) atoms. The van der Waals surface area contributed by atoms with E-state index in [1.165, 1.54) is 12.1 Å². The van der Waals surface area contributed by atoms with Gasteiger partial charge >= 0.3 is 0 Å². The van der Waals surface area contributed by atoms with E-state index in [9.17, 15) is 4.39 Å². The number of hydrogen-bond donors (Lipinski definition) is 2. The van der Waals surface area contributed by atoms with Gasteiger partial charge in [-0.25, -0.2) is 4.39 Å². The van der Waals surface area contributed by atoms with Gasteiger partial charge in [-0.3, -0.25) is 4.99 Å². The first-order chi connectivity index (χ1) is 16.5. The molecule has 5 rings (SSSR count). The minimum absolute atomic E-state index is 0.120. The van der Waals surface area contributed by atoms with Crippen LogP contribution in [-0.4, -0.2) is 65.5 Å². The average Bonchev–Trinajstić information content (AvgIpc) is 3.52. The Morgan fingerprint density at radius 3 is 2.50 bits per heavy atom. The highest BCUT2D eigenvalue weighted by molar-refractivity contribution is 6.09. The smallest absolute Gasteiger partial charge is 0.234 e. The molecule has 9 nitrogen and oxygen atoms in total. The SMILES string of the molecule is CC(Nc1nc(NC2=NCC(c3ccco3)=C2)nc(N2CCN(C)CC2)n1)c1ccc(F)cc1. The number of hydrogen-bond acceptors (Lipinski definition) is 9. The lowest BCUT2D eigenvalue weighted by atomic mass is 10.1. The molecular weight excluding hydrogens is 435 g/mol. The topological polar surface area (TPSA) is 94.7 Å². The summed E-state index contributed by atoms with van der Waals surface area (Å²) < 4.78 is 18.8. The predicted molar refractivity (Wildman–Crippen MR) is 131 cm³/mol. The van der Waals surface area contributed by atoms with Crippen LogP contribution < -0.4 is 15.5 Å². The summed E-state index contributed by atoms with van der Waals surface area (Å²) in [7, 11) is 2.11. The van der Waals surface area contributed by atoms with Crippen molar-refractivity contribution in [2.45, 2.75) is 13.0 Å². The quantitative estimate of drug-likeness (QED) is 0.575. The van der Waals surface area contributed by atoms with E-state index in [-0.39, 0.29) is 11.9 Å². The van der Waals surface area contributed by atoms with Crippen molar-refractivity contribution < 1.29 is 8.81 Å². The lowest BCUT2D eigenvalue weighted by molar-refractivity contribution is 0.311. The Balaban J connectivity index is 1.38. The number of likely N-dealkylation sites (N-methyl/N-ethyl adjacent to an activating group) is 1. The van der Waals surface area contributed by atoms with E-state index in [1.807, 2.05) is 25.1 Å². The van der Waals surface area contributed by atoms with E-state index in [4.69, 9.17) is 4.42 Å². The van der Waals surface area contributed by atoms with Gasteiger partial charge in [0.1, 0.15) is 17.4 Å². The number of aromatic nitrogens is 3. The molecule has 0 aliphatic carbocycles. The van der Waals surface area contributed by atoms with Crippen molar-refractivity contribution in [1.82, 2.24) is 19.9 Å². The number of benzene rings is 1. The van der Waals surface area contributed by atoms with Crippen molar-refractivity contribution in [2.75, 3.05) is 55.3 Å². The van der Waals surface area contributed by atoms with E-state index in [0.717, 1.165) is 43.1 Å². The number of amidine groups is 1. The van der Waals surface area contributed by atoms with Crippen LogP contribution in [0.25, 0.3) is 5.57 Å². The first kappa shape index (κ1) is 22.0. The normalized spacial score (nSPS) is 17.3. The molecule has 1 unspecified atom stereocenters. The standard InChI is InChI=1S/C24H27FN8O/c1-16(17-5-7-19(25)8-6-17)27-22-29-23(31-24(30-22)33-11-9-32(2)10-12-33)28-21-14-18(15-26-21)20-4-3-13-34-20/h3-8,13-14,16H,9-12,15H2,1-2H3,(H2,26,27,28,29,30,31). The van der Waals surface area contributed by atoms with Gasteiger partial charge < -0.3 is 24.9 Å². The third-order valence-electron chi connectivity index (χ3n) is 5.93. The first-order valence-electron chi connectivity index (χ1n) is 11.3. The van der Waals surface area contributed by atoms with Gasteiger partial charge in [0.05, 0.1) is 18.8 Å². The summed E-state index contributed by atoms with van der Waals surface area (Å²) in [6.07, 6.45) is 3.59. The van der Waals surface area contributed by atoms with Crippen molar-refractivity contribution >= 4 is 29.3 Å². The highest BCUT2D eigenvalue weighted by atomic mass is 19.1. The summed E-state index contributed by atoms with van der Waals surface area (Å²) in [5.41, 5.74) is 1.92. The number of aliphatic imine (C=N–C) groups is 1. The van der Waals surface area contributed by atoms with Crippen LogP contribution in [-0.2, 0) is 0 Å². The minimum atomic E-state index is -0.265. The van der Waals surface area contributed by atoms with E-state index in [1.54, 1.807) is 18.4 Å². The fourth-order valence-electron chi connectivity index (χ4n) is 3.89. The number of rotatable bonds is 6. The Morgan fingerprint density at radius 1 is 1.00 bits per heavy atom. The Bertz CT molecular complexity index is 1180. The van der Waals surface area contributed by atoms with E-state index in [0.29, 0.717) is 30.2 Å². The van der Waals surface area contributed by atoms with Crippen molar-refractivity contribution in [3.05, 3.63) is 65.9 Å². The molecular formula is C24H27FN8O. The fraction of sp³-hybridized carbons (Fsp3) is 0.333. The van der Waals surface area contributed by atoms with Gasteiger partial charge in [-0.1, -0.05) is 12.1 Å². The Labute approximate surface area is 197 Å². The highest BCUT2D eigenvalue weighted by Crippen LogP contribution is 2.23. The maximum atomic E-state index is 13.3. The molecule has 3 aromatic rings. The molecule has 176 valence electrons. The maximum absolute atomic E-state index is 13.3. The molecule has 0 bridgehead atoms. The summed E-state index contributed by atoms with van der Waals surface area (Å²) in [4.78, 5) is 22.9. The fourth-order valence-corrected chi connectivity index (χ4v) is 3.89. The zero-order valence-corrected chi connectivity index (χ0v) is 19.2. The first-order valence-corrected chi connectivity index (χ1v) is 11.3. The lowest BCUT2D eigenvalue weighted by Gasteiger charge is -2.32. The molecule has 10 heteroatoms. The van der Waals surface area contributed by atoms with Gasteiger partial charge in [0, 0.05) is 31.8 Å². The van der Waals surface area contributed by atoms with E-state index >= 15 is 0 Å². The predicted octanol–water partition coefficient (Wildman–Crippen LogP) is 3.44. The monoisotopic (exact) mass is 462 g/mol. The van der Waals surface area contributed by atoms with Crippen LogP contribution in [0.3, 0.4) is 0 Å². The van der Waals surface area contributed by atoms with Gasteiger partial charge in [-0.15, -0.1) is 0 Å². The Morgan fingerprint density at radius 2 is 1.76 bits per heavy atom. The number of halogens is 1. The van der Waals surface area contributed by atoms with Gasteiger partial charge in [-0.2, -0.15) is 15.0 Å². The second-order valence-corrected chi connectivity index (χ2v) is 8.46. The summed E-state index contributed by atoms with van der Waals surface area (Å²) in [5, 5.41) is 6.56. The third-order valence-corrected chi connectivity index (χ3v) is 5.93. The van der Waals surface area contributed by atoms with Crippen LogP contribution in [0.5, 0.6) is 0 Å². The van der Waals surface area contributed by atoms with Crippen molar-refractivity contribution in [1.29, 1.82) is 0 Å². The van der Waals surface area contributed by atoms with Crippen LogP contribution in [0.15, 0.2) is 58.1 Å². The number of nitrogens with zero attached hydrogens (tertiary/aromatic N) is 6. The third kappa shape index (κ3) is 5.07. The molecule has 0 spiro atoms. The van der Waals surface area contributed by atoms with E-state index < -0.39 is 0 Å². The van der Waals surface area contributed by atoms with Crippen LogP contribution in [0.4, 0.5) is 22.2 Å². The second kappa shape index (κ2) is 9.60. The largest absolute Gasteiger partial charge is 0.465 e. The Kier molecular flexibility index (Phi) is 6.22. The van der Waals surface area contributed by atoms with Crippen molar-refractivity contribution in [3.8, 4) is 0 Å². The number of anilines is 3. The van der Waals surface area contributed by atoms with Gasteiger partial charge in [-0.05, 0) is 49.9 Å². The van der Waals surface area contributed by atoms with Gasteiger partial charge in [0.25, 0.3) is 0 Å². The van der Waals surface area contributed by atoms with Crippen molar-refractivity contribution in [2.24, 2.45) is 4.99 Å². The van der Waals surface area contributed by atoms with E-state index in [2.05, 4.69) is 47.4 Å². The molecule has 1 fully saturated rings. The van der Waals surface area contributed by atoms with Gasteiger partial charge in [0.2, 0.25) is 17.8 Å². The second-order valence-electron chi connectivity index (χ2n) is 8.46. The molecule has 0 radical (unpaired) electrons. The summed E-state index contributed by atoms with van der Waals surface area (Å²) in [6, 6.07) is 10.1. The molecule has 2 aromatic heterocycles. The van der Waals surface area contributed by atoms with Gasteiger partial charge in [0.15, 0.2) is 0 Å². The number of piperazine rings is 1. The number of nitrogens with one attached hydrogen (secondary N) is 2. The lowest BCUT2D eigenvalue weighted by Crippen LogP contribution is -2.45. The number of furan rings is 1. The molecule has 1 saturated heterocycles. The van der Waals surface area contributed by atoms with Crippen LogP contribution >= 0.6 is 0 Å². The molecule has 0 amide bonds. The molecule has 2 aliphatic heterocycles. The zero-order chi connectivity index (χ0) is 23.5. The molecule has 1 atom stereocenters. The summed E-state index contributed by atoms with van der Waals surface area (Å²) >= 11 is 0. The van der Waals surface area contributed by atoms with Crippen LogP contribution in [0.2, 0.25) is 0 Å². The zero-order valence-electron chi connectivity index (χ0n) is 19.2. The highest BCUT2D eigenvalue weighted by Gasteiger charge is 2.20. The average molecular weight is 463 g/mol. The van der Waals surface area contributed by atoms with Crippen LogP contribution in [0.1, 0.15) is 24.3 Å². The molecule has 0 saturated carbocycles. The Hall–Kier alpha value is -3.79.